The second-order valence-electron chi connectivity index (χ2n) is 3.21. The Morgan fingerprint density at radius 3 is 3.00 bits per heavy atom. The summed E-state index contributed by atoms with van der Waals surface area (Å²) in [6.45, 7) is 0.0339. The minimum atomic E-state index is 0.0212. The van der Waals surface area contributed by atoms with Crippen molar-refractivity contribution in [3.8, 4) is 5.75 Å². The average Bonchev–Trinajstić information content (AvgIpc) is 2.35. The molecule has 0 bridgehead atoms. The van der Waals surface area contributed by atoms with Crippen LogP contribution in [0.4, 0.5) is 0 Å². The molecule has 2 rings (SSSR count). The van der Waals surface area contributed by atoms with Gasteiger partial charge in [0.15, 0.2) is 5.84 Å². The largest absolute Gasteiger partial charge is 0.483 e. The summed E-state index contributed by atoms with van der Waals surface area (Å²) >= 11 is 0. The van der Waals surface area contributed by atoms with Gasteiger partial charge in [-0.2, -0.15) is 0 Å². The first-order chi connectivity index (χ1) is 7.81. The number of aromatic nitrogens is 1. The van der Waals surface area contributed by atoms with Gasteiger partial charge in [0.1, 0.15) is 17.9 Å². The van der Waals surface area contributed by atoms with Gasteiger partial charge in [-0.15, -0.1) is 0 Å². The fourth-order valence-corrected chi connectivity index (χ4v) is 1.37. The maximum absolute atomic E-state index is 8.39. The van der Waals surface area contributed by atoms with Crippen molar-refractivity contribution >= 4 is 16.7 Å². The van der Waals surface area contributed by atoms with Crippen LogP contribution in [0, 0.1) is 0 Å². The zero-order valence-corrected chi connectivity index (χ0v) is 8.50. The molecule has 1 heterocycles. The number of hydrogen-bond donors (Lipinski definition) is 2. The van der Waals surface area contributed by atoms with Gasteiger partial charge >= 0.3 is 0 Å². The fraction of sp³-hybridized carbons (Fsp3) is 0.0909. The highest BCUT2D eigenvalue weighted by Gasteiger charge is 2.03. The third-order valence-electron chi connectivity index (χ3n) is 2.10. The highest BCUT2D eigenvalue weighted by atomic mass is 16.5. The van der Waals surface area contributed by atoms with Crippen molar-refractivity contribution in [3.05, 3.63) is 36.5 Å². The molecule has 2 aromatic rings. The first-order valence-electron chi connectivity index (χ1n) is 4.74. The summed E-state index contributed by atoms with van der Waals surface area (Å²) in [6.07, 6.45) is 1.69. The van der Waals surface area contributed by atoms with Gasteiger partial charge in [-0.1, -0.05) is 23.4 Å². The lowest BCUT2D eigenvalue weighted by Crippen LogP contribution is -2.20. The van der Waals surface area contributed by atoms with Gasteiger partial charge in [-0.25, -0.2) is 0 Å². The number of benzene rings is 1. The van der Waals surface area contributed by atoms with E-state index < -0.39 is 0 Å². The van der Waals surface area contributed by atoms with Crippen LogP contribution in [0.25, 0.3) is 10.9 Å². The predicted octanol–water partition coefficient (Wildman–Crippen LogP) is 1.36. The Labute approximate surface area is 92.2 Å². The normalized spacial score (nSPS) is 11.6. The summed E-state index contributed by atoms with van der Waals surface area (Å²) in [5, 5.41) is 12.2. The number of amidine groups is 1. The number of hydrogen-bond acceptors (Lipinski definition) is 4. The third-order valence-corrected chi connectivity index (χ3v) is 2.10. The molecular weight excluding hydrogens is 206 g/mol. The lowest BCUT2D eigenvalue weighted by molar-refractivity contribution is 0.307. The molecule has 0 unspecified atom stereocenters. The number of ether oxygens (including phenoxy) is 1. The molecule has 1 aromatic heterocycles. The molecule has 5 nitrogen and oxygen atoms in total. The second-order valence-corrected chi connectivity index (χ2v) is 3.21. The van der Waals surface area contributed by atoms with Crippen molar-refractivity contribution in [1.82, 2.24) is 4.98 Å². The van der Waals surface area contributed by atoms with Crippen molar-refractivity contribution in [2.75, 3.05) is 6.61 Å². The van der Waals surface area contributed by atoms with E-state index in [0.29, 0.717) is 5.75 Å². The minimum Gasteiger partial charge on any atom is -0.483 e. The summed E-state index contributed by atoms with van der Waals surface area (Å²) in [4.78, 5) is 4.22. The first kappa shape index (κ1) is 10.2. The lowest BCUT2D eigenvalue weighted by atomic mass is 10.2. The van der Waals surface area contributed by atoms with Gasteiger partial charge < -0.3 is 15.7 Å². The SMILES string of the molecule is N/C(COc1cccc2cccnc12)=N\O. The number of oxime groups is 1. The summed E-state index contributed by atoms with van der Waals surface area (Å²) in [6, 6.07) is 9.40. The maximum Gasteiger partial charge on any atom is 0.177 e. The highest BCUT2D eigenvalue weighted by molar-refractivity contribution is 5.85. The molecular formula is C11H11N3O2. The molecule has 0 aliphatic rings. The second kappa shape index (κ2) is 4.48. The van der Waals surface area contributed by atoms with Crippen molar-refractivity contribution in [3.63, 3.8) is 0 Å². The topological polar surface area (TPSA) is 80.7 Å². The summed E-state index contributed by atoms with van der Waals surface area (Å²) in [5.41, 5.74) is 6.08. The zero-order chi connectivity index (χ0) is 11.4. The van der Waals surface area contributed by atoms with Crippen molar-refractivity contribution in [2.24, 2.45) is 10.9 Å². The Kier molecular flexibility index (Phi) is 2.86. The Hall–Kier alpha value is -2.30. The quantitative estimate of drug-likeness (QED) is 0.352. The van der Waals surface area contributed by atoms with Crippen LogP contribution in [-0.2, 0) is 0 Å². The smallest absolute Gasteiger partial charge is 0.177 e. The molecule has 0 radical (unpaired) electrons. The Balaban J connectivity index is 2.30. The van der Waals surface area contributed by atoms with Crippen LogP contribution in [-0.4, -0.2) is 22.6 Å². The molecule has 5 heteroatoms. The highest BCUT2D eigenvalue weighted by Crippen LogP contribution is 2.22. The number of pyridine rings is 1. The van der Waals surface area contributed by atoms with E-state index in [1.54, 1.807) is 12.3 Å². The number of nitrogens with two attached hydrogens (primary N) is 1. The first-order valence-corrected chi connectivity index (χ1v) is 4.74. The molecule has 3 N–H and O–H groups in total. The van der Waals surface area contributed by atoms with Crippen LogP contribution in [0.3, 0.4) is 0 Å². The van der Waals surface area contributed by atoms with E-state index in [9.17, 15) is 0 Å². The van der Waals surface area contributed by atoms with E-state index in [4.69, 9.17) is 15.7 Å². The van der Waals surface area contributed by atoms with Gasteiger partial charge in [-0.3, -0.25) is 4.98 Å². The molecule has 1 aromatic carbocycles. The molecule has 0 spiro atoms. The molecule has 0 saturated heterocycles. The molecule has 0 aliphatic carbocycles. The predicted molar refractivity (Wildman–Crippen MR) is 60.6 cm³/mol. The van der Waals surface area contributed by atoms with Gasteiger partial charge in [0.25, 0.3) is 0 Å². The molecule has 0 aliphatic heterocycles. The van der Waals surface area contributed by atoms with E-state index >= 15 is 0 Å². The van der Waals surface area contributed by atoms with Crippen molar-refractivity contribution < 1.29 is 9.94 Å². The summed E-state index contributed by atoms with van der Waals surface area (Å²) in [7, 11) is 0. The summed E-state index contributed by atoms with van der Waals surface area (Å²) < 4.78 is 5.39. The number of nitrogens with zero attached hydrogens (tertiary/aromatic N) is 2. The van der Waals surface area contributed by atoms with Gasteiger partial charge in [-0.05, 0) is 12.1 Å². The third kappa shape index (κ3) is 2.03. The monoisotopic (exact) mass is 217 g/mol. The Morgan fingerprint density at radius 2 is 2.19 bits per heavy atom. The van der Waals surface area contributed by atoms with E-state index in [2.05, 4.69) is 10.1 Å². The molecule has 0 fully saturated rings. The molecule has 82 valence electrons. The van der Waals surface area contributed by atoms with Crippen LogP contribution < -0.4 is 10.5 Å². The van der Waals surface area contributed by atoms with Crippen LogP contribution >= 0.6 is 0 Å². The van der Waals surface area contributed by atoms with Crippen LogP contribution in [0.2, 0.25) is 0 Å². The lowest BCUT2D eigenvalue weighted by Gasteiger charge is -2.07. The fourth-order valence-electron chi connectivity index (χ4n) is 1.37. The van der Waals surface area contributed by atoms with Crippen LogP contribution in [0.5, 0.6) is 5.75 Å². The van der Waals surface area contributed by atoms with Crippen LogP contribution in [0.15, 0.2) is 41.7 Å². The van der Waals surface area contributed by atoms with Gasteiger partial charge in [0.05, 0.1) is 0 Å². The van der Waals surface area contributed by atoms with E-state index in [0.717, 1.165) is 10.9 Å². The van der Waals surface area contributed by atoms with Crippen molar-refractivity contribution in [1.29, 1.82) is 0 Å². The zero-order valence-electron chi connectivity index (χ0n) is 8.50. The van der Waals surface area contributed by atoms with Crippen molar-refractivity contribution in [2.45, 2.75) is 0 Å². The molecule has 16 heavy (non-hydrogen) atoms. The Bertz CT molecular complexity index is 520. The van der Waals surface area contributed by atoms with E-state index in [1.165, 1.54) is 0 Å². The average molecular weight is 217 g/mol. The van der Waals surface area contributed by atoms with E-state index in [-0.39, 0.29) is 12.4 Å². The van der Waals surface area contributed by atoms with Gasteiger partial charge in [0, 0.05) is 11.6 Å². The number of rotatable bonds is 3. The number of fused-ring (bicyclic) bond motifs is 1. The molecule has 0 saturated carbocycles. The molecule has 0 amide bonds. The Morgan fingerprint density at radius 1 is 1.38 bits per heavy atom. The van der Waals surface area contributed by atoms with E-state index in [1.807, 2.05) is 24.3 Å². The maximum atomic E-state index is 8.39. The van der Waals surface area contributed by atoms with Crippen LogP contribution in [0.1, 0.15) is 0 Å². The number of para-hydroxylation sites is 1. The minimum absolute atomic E-state index is 0.0212. The standard InChI is InChI=1S/C11H11N3O2/c12-10(14-15)7-16-9-5-1-3-8-4-2-6-13-11(8)9/h1-6,15H,7H2,(H2,12,14). The summed E-state index contributed by atoms with van der Waals surface area (Å²) in [5.74, 6) is 0.637. The van der Waals surface area contributed by atoms with Gasteiger partial charge in [0.2, 0.25) is 0 Å². The molecule has 0 atom stereocenters.